The molecule has 24 heavy (non-hydrogen) atoms. The Bertz CT molecular complexity index is 857. The van der Waals surface area contributed by atoms with Gasteiger partial charge < -0.3 is 4.74 Å². The Morgan fingerprint density at radius 2 is 1.96 bits per heavy atom. The van der Waals surface area contributed by atoms with Gasteiger partial charge in [0.15, 0.2) is 0 Å². The Morgan fingerprint density at radius 3 is 2.71 bits per heavy atom. The van der Waals surface area contributed by atoms with Gasteiger partial charge in [-0.25, -0.2) is 4.39 Å². The van der Waals surface area contributed by atoms with Crippen molar-refractivity contribution < 1.29 is 17.5 Å². The van der Waals surface area contributed by atoms with Gasteiger partial charge in [0.1, 0.15) is 11.4 Å². The summed E-state index contributed by atoms with van der Waals surface area (Å²) in [6.45, 7) is 0. The largest absolute Gasteiger partial charge is 0.473 e. The van der Waals surface area contributed by atoms with Gasteiger partial charge in [-0.05, 0) is 55.4 Å². The molecule has 4 rings (SSSR count). The van der Waals surface area contributed by atoms with Crippen molar-refractivity contribution in [1.29, 1.82) is 0 Å². The zero-order valence-electron chi connectivity index (χ0n) is 12.8. The van der Waals surface area contributed by atoms with Crippen molar-refractivity contribution in [3.63, 3.8) is 0 Å². The summed E-state index contributed by atoms with van der Waals surface area (Å²) in [7, 11) is 1.22. The second-order valence-electron chi connectivity index (χ2n) is 6.87. The fourth-order valence-corrected chi connectivity index (χ4v) is 5.68. The fraction of sp³-hybridized carbons (Fsp3) is 0.562. The Labute approximate surface area is 149 Å². The second kappa shape index (κ2) is 5.32. The average molecular weight is 392 g/mol. The van der Waals surface area contributed by atoms with Gasteiger partial charge >= 0.3 is 9.24 Å². The number of nitrogens with zero attached hydrogens (tertiary/aromatic N) is 1. The predicted molar refractivity (Wildman–Crippen MR) is 90.5 cm³/mol. The van der Waals surface area contributed by atoms with Crippen LogP contribution in [0.3, 0.4) is 0 Å². The van der Waals surface area contributed by atoms with Gasteiger partial charge in [0.05, 0.1) is 0 Å². The molecule has 2 aliphatic carbocycles. The molecule has 0 aromatic heterocycles. The number of halogens is 3. The van der Waals surface area contributed by atoms with E-state index in [2.05, 4.69) is 4.40 Å². The molecule has 1 aromatic carbocycles. The first-order valence-electron chi connectivity index (χ1n) is 7.96. The second-order valence-corrected chi connectivity index (χ2v) is 9.49. The van der Waals surface area contributed by atoms with E-state index in [-0.39, 0.29) is 11.7 Å². The third-order valence-electron chi connectivity index (χ3n) is 5.74. The topological polar surface area (TPSA) is 55.7 Å². The molecular weight excluding hydrogens is 376 g/mol. The number of benzene rings is 1. The van der Waals surface area contributed by atoms with Crippen molar-refractivity contribution in [1.82, 2.24) is 0 Å². The van der Waals surface area contributed by atoms with Gasteiger partial charge in [0.2, 0.25) is 5.90 Å². The maximum Gasteiger partial charge on any atom is 0.342 e. The van der Waals surface area contributed by atoms with E-state index in [0.717, 1.165) is 31.2 Å². The molecule has 1 aromatic rings. The highest BCUT2D eigenvalue weighted by Gasteiger charge is 2.63. The molecule has 0 radical (unpaired) electrons. The number of rotatable bonds is 1. The molecule has 0 spiro atoms. The van der Waals surface area contributed by atoms with Gasteiger partial charge in [-0.15, -0.1) is 4.40 Å². The molecule has 2 atom stereocenters. The minimum absolute atomic E-state index is 0.125. The number of hydrogen-bond donors (Lipinski definition) is 0. The summed E-state index contributed by atoms with van der Waals surface area (Å²) < 4.78 is 46.8. The summed E-state index contributed by atoms with van der Waals surface area (Å²) in [5.41, 5.74) is 0.479. The Hall–Kier alpha value is -0.850. The summed E-state index contributed by atoms with van der Waals surface area (Å²) in [6.07, 6.45) is 5.04. The van der Waals surface area contributed by atoms with E-state index in [1.165, 1.54) is 6.07 Å². The molecular formula is C16H16Cl2FNO3S. The molecule has 8 heteroatoms. The fourth-order valence-electron chi connectivity index (χ4n) is 4.90. The van der Waals surface area contributed by atoms with Crippen molar-refractivity contribution in [2.45, 2.75) is 56.0 Å². The normalized spacial score (nSPS) is 33.5. The molecule has 3 aliphatic rings. The maximum atomic E-state index is 14.4. The highest BCUT2D eigenvalue weighted by Crippen LogP contribution is 2.60. The lowest BCUT2D eigenvalue weighted by molar-refractivity contribution is -0.0329. The summed E-state index contributed by atoms with van der Waals surface area (Å²) in [6, 6.07) is 3.14. The minimum Gasteiger partial charge on any atom is -0.473 e. The molecule has 1 aliphatic heterocycles. The lowest BCUT2D eigenvalue weighted by Crippen LogP contribution is -2.54. The third kappa shape index (κ3) is 2.37. The van der Waals surface area contributed by atoms with E-state index in [1.807, 2.05) is 0 Å². The predicted octanol–water partition coefficient (Wildman–Crippen LogP) is 4.28. The van der Waals surface area contributed by atoms with Crippen LogP contribution in [0.15, 0.2) is 16.5 Å². The van der Waals surface area contributed by atoms with Crippen LogP contribution in [0.4, 0.5) is 4.39 Å². The highest BCUT2D eigenvalue weighted by molar-refractivity contribution is 8.12. The standard InChI is InChI=1S/C16H16Cl2FNO3S/c17-10-7-12-11(13(19)8-10)3-6-16-5-2-1-4-15(12,16)9-14(23-16)20-24(18,21)22/h7-8H,1-6,9H2/b20-14-. The Balaban J connectivity index is 1.93. The van der Waals surface area contributed by atoms with Crippen molar-refractivity contribution in [3.8, 4) is 0 Å². The van der Waals surface area contributed by atoms with Gasteiger partial charge in [-0.3, -0.25) is 0 Å². The summed E-state index contributed by atoms with van der Waals surface area (Å²) >= 11 is 6.11. The number of fused-ring (bicyclic) bond motifs is 1. The van der Waals surface area contributed by atoms with Gasteiger partial charge in [0.25, 0.3) is 0 Å². The van der Waals surface area contributed by atoms with E-state index in [1.54, 1.807) is 6.07 Å². The molecule has 130 valence electrons. The van der Waals surface area contributed by atoms with Gasteiger partial charge in [-0.1, -0.05) is 18.0 Å². The van der Waals surface area contributed by atoms with Crippen LogP contribution < -0.4 is 0 Å². The lowest BCUT2D eigenvalue weighted by Gasteiger charge is -2.51. The molecule has 4 nitrogen and oxygen atoms in total. The van der Waals surface area contributed by atoms with E-state index in [9.17, 15) is 12.8 Å². The zero-order chi connectivity index (χ0) is 17.2. The highest BCUT2D eigenvalue weighted by atomic mass is 35.7. The van der Waals surface area contributed by atoms with Crippen LogP contribution in [0.5, 0.6) is 0 Å². The molecule has 2 fully saturated rings. The van der Waals surface area contributed by atoms with Crippen LogP contribution in [0.1, 0.15) is 49.7 Å². The van der Waals surface area contributed by atoms with Gasteiger partial charge in [0, 0.05) is 27.5 Å². The first-order chi connectivity index (χ1) is 11.2. The smallest absolute Gasteiger partial charge is 0.342 e. The van der Waals surface area contributed by atoms with E-state index in [0.29, 0.717) is 29.8 Å². The van der Waals surface area contributed by atoms with Crippen LogP contribution in [0, 0.1) is 5.82 Å². The van der Waals surface area contributed by atoms with Crippen molar-refractivity contribution in [2.24, 2.45) is 4.40 Å². The van der Waals surface area contributed by atoms with Gasteiger partial charge in [-0.2, -0.15) is 8.42 Å². The molecule has 2 unspecified atom stereocenters. The molecule has 1 saturated heterocycles. The SMILES string of the molecule is O=S(=O)(Cl)/N=C1/CC23CCCCC2(CCc2c(F)cc(Cl)cc23)O1. The average Bonchev–Trinajstić information content (AvgIpc) is 2.79. The first-order valence-corrected chi connectivity index (χ1v) is 10.6. The van der Waals surface area contributed by atoms with Crippen LogP contribution >= 0.6 is 22.3 Å². The van der Waals surface area contributed by atoms with Crippen molar-refractivity contribution in [2.75, 3.05) is 0 Å². The monoisotopic (exact) mass is 391 g/mol. The van der Waals surface area contributed by atoms with Crippen LogP contribution in [0.25, 0.3) is 0 Å². The van der Waals surface area contributed by atoms with Crippen LogP contribution in [0.2, 0.25) is 5.02 Å². The first kappa shape index (κ1) is 16.6. The van der Waals surface area contributed by atoms with Crippen molar-refractivity contribution in [3.05, 3.63) is 34.1 Å². The van der Waals surface area contributed by atoms with E-state index in [4.69, 9.17) is 27.0 Å². The molecule has 1 heterocycles. The van der Waals surface area contributed by atoms with Crippen LogP contribution in [-0.2, 0) is 25.8 Å². The molecule has 1 saturated carbocycles. The van der Waals surface area contributed by atoms with E-state index >= 15 is 0 Å². The van der Waals surface area contributed by atoms with E-state index < -0.39 is 20.3 Å². The summed E-state index contributed by atoms with van der Waals surface area (Å²) in [4.78, 5) is 0. The molecule has 0 N–H and O–H groups in total. The van der Waals surface area contributed by atoms with Crippen LogP contribution in [-0.4, -0.2) is 19.9 Å². The molecule has 0 amide bonds. The molecule has 0 bridgehead atoms. The summed E-state index contributed by atoms with van der Waals surface area (Å²) in [5, 5.41) is 0.345. The third-order valence-corrected chi connectivity index (χ3v) is 6.58. The number of ether oxygens (including phenoxy) is 1. The summed E-state index contributed by atoms with van der Waals surface area (Å²) in [5.74, 6) is -0.179. The minimum atomic E-state index is -4.06. The quantitative estimate of drug-likeness (QED) is 0.671. The lowest BCUT2D eigenvalue weighted by atomic mass is 9.54. The zero-order valence-corrected chi connectivity index (χ0v) is 15.1. The van der Waals surface area contributed by atoms with Crippen molar-refractivity contribution >= 4 is 37.4 Å². The maximum absolute atomic E-state index is 14.4. The Morgan fingerprint density at radius 1 is 1.21 bits per heavy atom. The number of hydrogen-bond acceptors (Lipinski definition) is 3. The Kier molecular flexibility index (Phi) is 3.68.